The molecule has 26 heavy (non-hydrogen) atoms. The fourth-order valence-electron chi connectivity index (χ4n) is 2.19. The van der Waals surface area contributed by atoms with Gasteiger partial charge in [-0.15, -0.1) is 0 Å². The molecule has 0 spiro atoms. The van der Waals surface area contributed by atoms with Gasteiger partial charge in [0.2, 0.25) is 10.0 Å². The number of nitrogens with zero attached hydrogens (tertiary/aromatic N) is 1. The first-order valence-electron chi connectivity index (χ1n) is 8.41. The van der Waals surface area contributed by atoms with E-state index in [0.717, 1.165) is 17.1 Å². The molecule has 6 nitrogen and oxygen atoms in total. The molecular formula is C19H24N2O4S. The van der Waals surface area contributed by atoms with Crippen LogP contribution in [-0.4, -0.2) is 39.3 Å². The summed E-state index contributed by atoms with van der Waals surface area (Å²) in [6.45, 7) is 2.70. The van der Waals surface area contributed by atoms with Crippen molar-refractivity contribution in [1.82, 2.24) is 4.31 Å². The number of hydrogen-bond donors (Lipinski definition) is 1. The Labute approximate surface area is 154 Å². The first kappa shape index (κ1) is 19.9. The summed E-state index contributed by atoms with van der Waals surface area (Å²) in [6, 6.07) is 13.0. The number of nitrogens with one attached hydrogen (secondary N) is 1. The third kappa shape index (κ3) is 5.06. The van der Waals surface area contributed by atoms with Gasteiger partial charge in [-0.3, -0.25) is 4.79 Å². The average molecular weight is 376 g/mol. The lowest BCUT2D eigenvalue weighted by molar-refractivity contribution is 0.102. The highest BCUT2D eigenvalue weighted by Crippen LogP contribution is 2.19. The maximum Gasteiger partial charge on any atom is 0.255 e. The smallest absolute Gasteiger partial charge is 0.255 e. The first-order chi connectivity index (χ1) is 12.3. The molecule has 140 valence electrons. The molecule has 0 heterocycles. The molecule has 0 fully saturated rings. The number of unbranched alkanes of at least 4 members (excludes halogenated alkanes) is 1. The first-order valence-corrected chi connectivity index (χ1v) is 9.85. The SMILES string of the molecule is CCCCOc1cccc(C(=O)Nc2ccc(S(=O)(=O)N(C)C)cc2)c1. The van der Waals surface area contributed by atoms with E-state index in [1.807, 2.05) is 6.07 Å². The third-order valence-corrected chi connectivity index (χ3v) is 5.58. The number of hydrogen-bond acceptors (Lipinski definition) is 4. The van der Waals surface area contributed by atoms with Crippen LogP contribution in [0.25, 0.3) is 0 Å². The lowest BCUT2D eigenvalue weighted by atomic mass is 10.2. The van der Waals surface area contributed by atoms with E-state index in [2.05, 4.69) is 12.2 Å². The molecule has 0 radical (unpaired) electrons. The minimum absolute atomic E-state index is 0.173. The van der Waals surface area contributed by atoms with E-state index < -0.39 is 10.0 Å². The van der Waals surface area contributed by atoms with Crippen LogP contribution < -0.4 is 10.1 Å². The Bertz CT molecular complexity index is 846. The zero-order valence-corrected chi connectivity index (χ0v) is 16.0. The van der Waals surface area contributed by atoms with Crippen LogP contribution >= 0.6 is 0 Å². The van der Waals surface area contributed by atoms with Crippen LogP contribution in [-0.2, 0) is 10.0 Å². The van der Waals surface area contributed by atoms with E-state index in [0.29, 0.717) is 23.6 Å². The third-order valence-electron chi connectivity index (χ3n) is 3.75. The number of amides is 1. The molecule has 2 aromatic rings. The quantitative estimate of drug-likeness (QED) is 0.717. The normalized spacial score (nSPS) is 11.4. The molecule has 2 aromatic carbocycles. The molecule has 0 bridgehead atoms. The standard InChI is InChI=1S/C19H24N2O4S/c1-4-5-13-25-17-8-6-7-15(14-17)19(22)20-16-9-11-18(12-10-16)26(23,24)21(2)3/h6-12,14H,4-5,13H2,1-3H3,(H,20,22). The van der Waals surface area contributed by atoms with E-state index in [9.17, 15) is 13.2 Å². The predicted octanol–water partition coefficient (Wildman–Crippen LogP) is 3.37. The van der Waals surface area contributed by atoms with Gasteiger partial charge in [0.25, 0.3) is 5.91 Å². The summed E-state index contributed by atoms with van der Waals surface area (Å²) in [6.07, 6.45) is 2.00. The summed E-state index contributed by atoms with van der Waals surface area (Å²) in [7, 11) is -0.541. The number of sulfonamides is 1. The Morgan fingerprint density at radius 1 is 1.12 bits per heavy atom. The maximum atomic E-state index is 12.4. The van der Waals surface area contributed by atoms with Crippen LogP contribution in [0.4, 0.5) is 5.69 Å². The van der Waals surface area contributed by atoms with Crippen LogP contribution in [0.2, 0.25) is 0 Å². The molecule has 0 aromatic heterocycles. The minimum Gasteiger partial charge on any atom is -0.494 e. The monoisotopic (exact) mass is 376 g/mol. The second-order valence-electron chi connectivity index (χ2n) is 6.00. The highest BCUT2D eigenvalue weighted by molar-refractivity contribution is 7.89. The summed E-state index contributed by atoms with van der Waals surface area (Å²) in [5, 5.41) is 2.76. The van der Waals surface area contributed by atoms with Gasteiger partial charge >= 0.3 is 0 Å². The molecule has 1 amide bonds. The summed E-state index contributed by atoms with van der Waals surface area (Å²) < 4.78 is 30.9. The zero-order chi connectivity index (χ0) is 19.2. The molecule has 0 unspecified atom stereocenters. The summed E-state index contributed by atoms with van der Waals surface area (Å²) in [5.74, 6) is 0.368. The number of carbonyl (C=O) groups excluding carboxylic acids is 1. The fourth-order valence-corrected chi connectivity index (χ4v) is 3.09. The van der Waals surface area contributed by atoms with Gasteiger partial charge in [-0.05, 0) is 48.9 Å². The van der Waals surface area contributed by atoms with Crippen LogP contribution in [0.5, 0.6) is 5.75 Å². The topological polar surface area (TPSA) is 75.7 Å². The Hall–Kier alpha value is -2.38. The molecule has 0 aliphatic rings. The van der Waals surface area contributed by atoms with Crippen molar-refractivity contribution in [2.24, 2.45) is 0 Å². The number of carbonyl (C=O) groups is 1. The summed E-state index contributed by atoms with van der Waals surface area (Å²) in [5.41, 5.74) is 0.994. The highest BCUT2D eigenvalue weighted by atomic mass is 32.2. The van der Waals surface area contributed by atoms with Crippen molar-refractivity contribution >= 4 is 21.6 Å². The average Bonchev–Trinajstić information content (AvgIpc) is 2.62. The minimum atomic E-state index is -3.49. The number of ether oxygens (including phenoxy) is 1. The van der Waals surface area contributed by atoms with E-state index in [1.54, 1.807) is 30.3 Å². The Morgan fingerprint density at radius 2 is 1.81 bits per heavy atom. The largest absolute Gasteiger partial charge is 0.494 e. The van der Waals surface area contributed by atoms with Crippen LogP contribution in [0.3, 0.4) is 0 Å². The van der Waals surface area contributed by atoms with E-state index >= 15 is 0 Å². The van der Waals surface area contributed by atoms with Crippen molar-refractivity contribution in [1.29, 1.82) is 0 Å². The Morgan fingerprint density at radius 3 is 2.42 bits per heavy atom. The van der Waals surface area contributed by atoms with Crippen LogP contribution in [0, 0.1) is 0 Å². The molecule has 0 aliphatic heterocycles. The highest BCUT2D eigenvalue weighted by Gasteiger charge is 2.17. The van der Waals surface area contributed by atoms with Gasteiger partial charge in [-0.25, -0.2) is 12.7 Å². The van der Waals surface area contributed by atoms with Gasteiger partial charge in [0.1, 0.15) is 5.75 Å². The van der Waals surface area contributed by atoms with Gasteiger partial charge in [-0.1, -0.05) is 19.4 Å². The lowest BCUT2D eigenvalue weighted by Crippen LogP contribution is -2.22. The number of benzene rings is 2. The molecular weight excluding hydrogens is 352 g/mol. The second kappa shape index (κ2) is 8.82. The molecule has 7 heteroatoms. The van der Waals surface area contributed by atoms with Gasteiger partial charge in [0, 0.05) is 25.3 Å². The number of rotatable bonds is 8. The summed E-state index contributed by atoms with van der Waals surface area (Å²) in [4.78, 5) is 12.6. The molecule has 0 saturated carbocycles. The molecule has 1 N–H and O–H groups in total. The van der Waals surface area contributed by atoms with E-state index in [-0.39, 0.29) is 10.8 Å². The molecule has 0 atom stereocenters. The predicted molar refractivity (Wildman–Crippen MR) is 102 cm³/mol. The van der Waals surface area contributed by atoms with Crippen LogP contribution in [0.15, 0.2) is 53.4 Å². The Balaban J connectivity index is 2.07. The fraction of sp³-hybridized carbons (Fsp3) is 0.316. The molecule has 0 aliphatic carbocycles. The van der Waals surface area contributed by atoms with Gasteiger partial charge < -0.3 is 10.1 Å². The van der Waals surface area contributed by atoms with Crippen molar-refractivity contribution in [3.8, 4) is 5.75 Å². The van der Waals surface area contributed by atoms with Crippen molar-refractivity contribution in [3.63, 3.8) is 0 Å². The van der Waals surface area contributed by atoms with Crippen molar-refractivity contribution < 1.29 is 17.9 Å². The van der Waals surface area contributed by atoms with E-state index in [1.165, 1.54) is 26.2 Å². The maximum absolute atomic E-state index is 12.4. The Kier molecular flexibility index (Phi) is 6.76. The van der Waals surface area contributed by atoms with Crippen molar-refractivity contribution in [2.45, 2.75) is 24.7 Å². The van der Waals surface area contributed by atoms with Gasteiger partial charge in [0.05, 0.1) is 11.5 Å². The van der Waals surface area contributed by atoms with Gasteiger partial charge in [-0.2, -0.15) is 0 Å². The van der Waals surface area contributed by atoms with Crippen molar-refractivity contribution in [3.05, 3.63) is 54.1 Å². The van der Waals surface area contributed by atoms with Crippen LogP contribution in [0.1, 0.15) is 30.1 Å². The van der Waals surface area contributed by atoms with E-state index in [4.69, 9.17) is 4.74 Å². The molecule has 0 saturated heterocycles. The van der Waals surface area contributed by atoms with Gasteiger partial charge in [0.15, 0.2) is 0 Å². The summed E-state index contributed by atoms with van der Waals surface area (Å²) >= 11 is 0. The second-order valence-corrected chi connectivity index (χ2v) is 8.15. The van der Waals surface area contributed by atoms with Crippen molar-refractivity contribution in [2.75, 3.05) is 26.0 Å². The lowest BCUT2D eigenvalue weighted by Gasteiger charge is -2.12. The zero-order valence-electron chi connectivity index (χ0n) is 15.2. The molecule has 2 rings (SSSR count). The number of anilines is 1.